The van der Waals surface area contributed by atoms with Gasteiger partial charge in [0.15, 0.2) is 0 Å². The fraction of sp³-hybridized carbons (Fsp3) is 0.733. The third kappa shape index (κ3) is 5.49. The lowest BCUT2D eigenvalue weighted by Crippen LogP contribution is -2.16. The lowest BCUT2D eigenvalue weighted by atomic mass is 9.99. The molecule has 1 rings (SSSR count). The van der Waals surface area contributed by atoms with Gasteiger partial charge in [-0.05, 0) is 50.0 Å². The molecule has 1 heterocycles. The lowest BCUT2D eigenvalue weighted by Gasteiger charge is -2.14. The fourth-order valence-corrected chi connectivity index (χ4v) is 2.89. The molecular formula is C15H27N3S. The molecule has 1 unspecified atom stereocenters. The average molecular weight is 281 g/mol. The summed E-state index contributed by atoms with van der Waals surface area (Å²) >= 11 is 1.91. The Morgan fingerprint density at radius 1 is 1.11 bits per heavy atom. The van der Waals surface area contributed by atoms with E-state index in [9.17, 15) is 0 Å². The van der Waals surface area contributed by atoms with Gasteiger partial charge in [0.1, 0.15) is 5.82 Å². The molecule has 0 aliphatic rings. The number of rotatable bonds is 7. The molecule has 0 radical (unpaired) electrons. The van der Waals surface area contributed by atoms with Gasteiger partial charge in [-0.1, -0.05) is 20.8 Å². The molecule has 3 nitrogen and oxygen atoms in total. The first-order valence-electron chi connectivity index (χ1n) is 7.04. The van der Waals surface area contributed by atoms with E-state index in [0.29, 0.717) is 12.5 Å². The van der Waals surface area contributed by atoms with Gasteiger partial charge in [-0.25, -0.2) is 9.97 Å². The number of nitrogens with zero attached hydrogens (tertiary/aromatic N) is 2. The van der Waals surface area contributed by atoms with Crippen LogP contribution in [0.1, 0.15) is 43.5 Å². The Kier molecular flexibility index (Phi) is 6.80. The Labute approximate surface area is 121 Å². The molecule has 0 saturated carbocycles. The second-order valence-corrected chi connectivity index (χ2v) is 6.77. The van der Waals surface area contributed by atoms with Crippen molar-refractivity contribution in [2.45, 2.75) is 46.8 Å². The van der Waals surface area contributed by atoms with Crippen LogP contribution in [0.15, 0.2) is 0 Å². The van der Waals surface area contributed by atoms with Crippen LogP contribution in [0.4, 0.5) is 0 Å². The maximum atomic E-state index is 5.70. The third-order valence-electron chi connectivity index (χ3n) is 3.10. The standard InChI is InChI=1S/C15H27N3S/c1-10(2)8-19-9-15-17-12(4)14(13(5)18-15)6-11(3)7-16/h10-11H,6-9,16H2,1-5H3. The van der Waals surface area contributed by atoms with Crippen LogP contribution in [-0.4, -0.2) is 22.3 Å². The lowest BCUT2D eigenvalue weighted by molar-refractivity contribution is 0.585. The molecule has 4 heteroatoms. The second kappa shape index (κ2) is 7.85. The number of nitrogens with two attached hydrogens (primary N) is 1. The van der Waals surface area contributed by atoms with Crippen LogP contribution in [0.2, 0.25) is 0 Å². The zero-order valence-electron chi connectivity index (χ0n) is 12.9. The van der Waals surface area contributed by atoms with Gasteiger partial charge in [0.05, 0.1) is 5.75 Å². The first-order valence-corrected chi connectivity index (χ1v) is 8.20. The summed E-state index contributed by atoms with van der Waals surface area (Å²) in [5, 5.41) is 0. The highest BCUT2D eigenvalue weighted by atomic mass is 32.2. The molecule has 1 atom stereocenters. The van der Waals surface area contributed by atoms with Crippen LogP contribution in [-0.2, 0) is 12.2 Å². The van der Waals surface area contributed by atoms with Gasteiger partial charge >= 0.3 is 0 Å². The number of hydrogen-bond donors (Lipinski definition) is 1. The highest BCUT2D eigenvalue weighted by Crippen LogP contribution is 2.18. The van der Waals surface area contributed by atoms with Gasteiger partial charge in [0.2, 0.25) is 0 Å². The normalized spacial score (nSPS) is 13.0. The number of thioether (sulfide) groups is 1. The maximum Gasteiger partial charge on any atom is 0.138 e. The molecule has 1 aromatic rings. The third-order valence-corrected chi connectivity index (χ3v) is 4.47. The summed E-state index contributed by atoms with van der Waals surface area (Å²) in [6, 6.07) is 0. The van der Waals surface area contributed by atoms with E-state index >= 15 is 0 Å². The summed E-state index contributed by atoms with van der Waals surface area (Å²) in [5.74, 6) is 4.24. The van der Waals surface area contributed by atoms with Crippen LogP contribution >= 0.6 is 11.8 Å². The van der Waals surface area contributed by atoms with Crippen LogP contribution in [0.3, 0.4) is 0 Å². The van der Waals surface area contributed by atoms with Crippen molar-refractivity contribution in [3.05, 3.63) is 22.8 Å². The van der Waals surface area contributed by atoms with Crippen LogP contribution in [0.5, 0.6) is 0 Å². The van der Waals surface area contributed by atoms with Crippen molar-refractivity contribution in [1.29, 1.82) is 0 Å². The predicted molar refractivity (Wildman–Crippen MR) is 84.4 cm³/mol. The monoisotopic (exact) mass is 281 g/mol. The van der Waals surface area contributed by atoms with Gasteiger partial charge in [-0.2, -0.15) is 11.8 Å². The average Bonchev–Trinajstić information content (AvgIpc) is 2.33. The minimum Gasteiger partial charge on any atom is -0.330 e. The fourth-order valence-electron chi connectivity index (χ4n) is 1.99. The van der Waals surface area contributed by atoms with Crippen molar-refractivity contribution in [3.8, 4) is 0 Å². The van der Waals surface area contributed by atoms with E-state index in [1.165, 1.54) is 5.56 Å². The molecule has 0 spiro atoms. The molecule has 19 heavy (non-hydrogen) atoms. The van der Waals surface area contributed by atoms with Gasteiger partial charge in [-0.15, -0.1) is 0 Å². The number of aryl methyl sites for hydroxylation is 2. The van der Waals surface area contributed by atoms with Crippen molar-refractivity contribution >= 4 is 11.8 Å². The molecule has 0 aromatic carbocycles. The summed E-state index contributed by atoms with van der Waals surface area (Å²) in [7, 11) is 0. The van der Waals surface area contributed by atoms with Gasteiger partial charge in [0, 0.05) is 11.4 Å². The van der Waals surface area contributed by atoms with Gasteiger partial charge in [0.25, 0.3) is 0 Å². The Bertz CT molecular complexity index is 381. The minimum absolute atomic E-state index is 0.488. The molecule has 108 valence electrons. The van der Waals surface area contributed by atoms with E-state index in [-0.39, 0.29) is 0 Å². The Morgan fingerprint density at radius 3 is 2.16 bits per heavy atom. The quantitative estimate of drug-likeness (QED) is 0.834. The SMILES string of the molecule is Cc1nc(CSCC(C)C)nc(C)c1CC(C)CN. The van der Waals surface area contributed by atoms with Crippen molar-refractivity contribution in [2.75, 3.05) is 12.3 Å². The molecule has 1 aromatic heterocycles. The van der Waals surface area contributed by atoms with Gasteiger partial charge in [-0.3, -0.25) is 0 Å². The van der Waals surface area contributed by atoms with E-state index in [2.05, 4.69) is 44.6 Å². The van der Waals surface area contributed by atoms with E-state index in [0.717, 1.165) is 41.1 Å². The van der Waals surface area contributed by atoms with Crippen LogP contribution in [0.25, 0.3) is 0 Å². The topological polar surface area (TPSA) is 51.8 Å². The van der Waals surface area contributed by atoms with Crippen molar-refractivity contribution in [2.24, 2.45) is 17.6 Å². The maximum absolute atomic E-state index is 5.70. The number of hydrogen-bond acceptors (Lipinski definition) is 4. The minimum atomic E-state index is 0.488. The van der Waals surface area contributed by atoms with Crippen LogP contribution < -0.4 is 5.73 Å². The molecule has 0 saturated heterocycles. The zero-order valence-corrected chi connectivity index (χ0v) is 13.7. The van der Waals surface area contributed by atoms with E-state index < -0.39 is 0 Å². The first kappa shape index (κ1) is 16.4. The molecule has 0 bridgehead atoms. The smallest absolute Gasteiger partial charge is 0.138 e. The summed E-state index contributed by atoms with van der Waals surface area (Å²) < 4.78 is 0. The molecule has 0 aliphatic heterocycles. The number of aromatic nitrogens is 2. The molecule has 0 amide bonds. The summed E-state index contributed by atoms with van der Waals surface area (Å²) in [6.07, 6.45) is 0.980. The highest BCUT2D eigenvalue weighted by Gasteiger charge is 2.11. The van der Waals surface area contributed by atoms with E-state index in [1.54, 1.807) is 0 Å². The van der Waals surface area contributed by atoms with Crippen molar-refractivity contribution in [1.82, 2.24) is 9.97 Å². The summed E-state index contributed by atoms with van der Waals surface area (Å²) in [4.78, 5) is 9.29. The van der Waals surface area contributed by atoms with Gasteiger partial charge < -0.3 is 5.73 Å². The van der Waals surface area contributed by atoms with Crippen molar-refractivity contribution < 1.29 is 0 Å². The zero-order chi connectivity index (χ0) is 14.4. The Hall–Kier alpha value is -0.610. The van der Waals surface area contributed by atoms with E-state index in [4.69, 9.17) is 5.73 Å². The van der Waals surface area contributed by atoms with E-state index in [1.807, 2.05) is 11.8 Å². The second-order valence-electron chi connectivity index (χ2n) is 5.74. The predicted octanol–water partition coefficient (Wildman–Crippen LogP) is 3.12. The Morgan fingerprint density at radius 2 is 1.68 bits per heavy atom. The molecular weight excluding hydrogens is 254 g/mol. The highest BCUT2D eigenvalue weighted by molar-refractivity contribution is 7.98. The summed E-state index contributed by atoms with van der Waals surface area (Å²) in [6.45, 7) is 11.5. The summed E-state index contributed by atoms with van der Waals surface area (Å²) in [5.41, 5.74) is 9.21. The largest absolute Gasteiger partial charge is 0.330 e. The van der Waals surface area contributed by atoms with Crippen molar-refractivity contribution in [3.63, 3.8) is 0 Å². The Balaban J connectivity index is 2.73. The molecule has 2 N–H and O–H groups in total. The molecule has 0 fully saturated rings. The molecule has 0 aliphatic carbocycles. The van der Waals surface area contributed by atoms with Crippen LogP contribution in [0, 0.1) is 25.7 Å². The first-order chi connectivity index (χ1) is 8.93.